The molecule has 0 saturated heterocycles. The molecule has 30 valence electrons. The second-order valence-electron chi connectivity index (χ2n) is 0.538. The van der Waals surface area contributed by atoms with Crippen molar-refractivity contribution in [1.82, 2.24) is 0 Å². The van der Waals surface area contributed by atoms with E-state index in [9.17, 15) is 4.79 Å². The Bertz CT molecular complexity index is 52.8. The van der Waals surface area contributed by atoms with Gasteiger partial charge in [-0.1, -0.05) is 0 Å². The van der Waals surface area contributed by atoms with E-state index in [1.807, 2.05) is 0 Å². The van der Waals surface area contributed by atoms with E-state index in [-0.39, 0.29) is 0 Å². The molecular formula is C2H4O3. The van der Waals surface area contributed by atoms with E-state index in [2.05, 4.69) is 5.11 Å². The highest BCUT2D eigenvalue weighted by atomic mass is 16.4. The van der Waals surface area contributed by atoms with E-state index < -0.39 is 12.6 Å². The van der Waals surface area contributed by atoms with Crippen LogP contribution < -0.4 is 0 Å². The quantitative estimate of drug-likeness (QED) is 0.447. The second kappa shape index (κ2) is 1.72. The Kier molecular flexibility index (Phi) is 0.914. The molecule has 5 heavy (non-hydrogen) atoms. The molecule has 0 spiro atoms. The average Bonchev–Trinajstić information content (AvgIpc) is 1.35. The highest BCUT2D eigenvalue weighted by molar-refractivity contribution is 5.67. The third-order valence-corrected chi connectivity index (χ3v) is 0.123. The topological polar surface area (TPSA) is 57.5 Å². The summed E-state index contributed by atoms with van der Waals surface area (Å²) in [5.41, 5.74) is 0. The predicted molar refractivity (Wildman–Crippen MR) is 14.7 cm³/mol. The molecule has 2 N–H and O–H groups in total. The molecule has 0 saturated carbocycles. The van der Waals surface area contributed by atoms with Gasteiger partial charge in [0.05, 0.1) is 0 Å². The second-order valence-corrected chi connectivity index (χ2v) is 0.538. The van der Waals surface area contributed by atoms with Crippen LogP contribution in [-0.2, 0) is 4.79 Å². The van der Waals surface area contributed by atoms with Crippen LogP contribution in [0.25, 0.3) is 0 Å². The van der Waals surface area contributed by atoms with E-state index in [0.29, 0.717) is 0 Å². The molecule has 0 heterocycles. The number of carboxylic acid groups (broad SMARTS) is 1. The fourth-order valence-electron chi connectivity index (χ4n) is 0. The van der Waals surface area contributed by atoms with Crippen LogP contribution in [0.3, 0.4) is 0 Å². The molecule has 0 unspecified atom stereocenters. The molecule has 0 aliphatic heterocycles. The summed E-state index contributed by atoms with van der Waals surface area (Å²) in [4.78, 5) is 9.35. The van der Waals surface area contributed by atoms with Crippen LogP contribution in [0.1, 0.15) is 0 Å². The summed E-state index contributed by atoms with van der Waals surface area (Å²) in [6.45, 7) is -0.542. The van der Waals surface area contributed by atoms with Gasteiger partial charge in [0.1, 0.15) is 6.61 Å². The van der Waals surface area contributed by atoms with Gasteiger partial charge in [0.25, 0.3) is 0 Å². The van der Waals surface area contributed by atoms with Crippen molar-refractivity contribution >= 4 is 5.97 Å². The number of carboxylic acids is 1. The van der Waals surface area contributed by atoms with Gasteiger partial charge in [0.15, 0.2) is 0 Å². The summed E-state index contributed by atoms with van der Waals surface area (Å²) in [5.74, 6) is -1.12. The van der Waals surface area contributed by atoms with Gasteiger partial charge in [-0.3, -0.25) is 0 Å². The molecule has 0 aliphatic carbocycles. The fraction of sp³-hybridized carbons (Fsp3) is 0.500. The molecule has 3 heteroatoms. The van der Waals surface area contributed by atoms with E-state index in [1.54, 1.807) is 0 Å². The molecule has 0 radical (unpaired) electrons. The number of hydrogen-bond donors (Lipinski definition) is 2. The van der Waals surface area contributed by atoms with Gasteiger partial charge in [-0.25, -0.2) is 4.79 Å². The highest BCUT2D eigenvalue weighted by Gasteiger charge is 1.82. The molecule has 0 amide bonds. The van der Waals surface area contributed by atoms with E-state index >= 15 is 0 Å². The van der Waals surface area contributed by atoms with Crippen LogP contribution >= 0.6 is 0 Å². The molecule has 0 fully saturated rings. The van der Waals surface area contributed by atoms with Crippen LogP contribution in [0.15, 0.2) is 0 Å². The van der Waals surface area contributed by atoms with Crippen LogP contribution in [0, 0.1) is 0 Å². The smallest absolute Gasteiger partial charge is 0.329 e. The summed E-state index contributed by atoms with van der Waals surface area (Å²) in [6, 6.07) is 0. The van der Waals surface area contributed by atoms with Crippen molar-refractivity contribution in [2.24, 2.45) is 0 Å². The number of carbonyl (C=O) groups is 1. The van der Waals surface area contributed by atoms with E-state index in [1.165, 1.54) is 0 Å². The minimum absolute atomic E-state index is 0.542. The molecule has 0 atom stereocenters. The standard InChI is InChI=1S/C2H4O3/c3-1-2(4)5/h3H,1H2,(H,4,5)/i3D. The van der Waals surface area contributed by atoms with Gasteiger partial charge in [-0.2, -0.15) is 0 Å². The van der Waals surface area contributed by atoms with Crippen molar-refractivity contribution in [2.75, 3.05) is 6.61 Å². The summed E-state index contributed by atoms with van der Waals surface area (Å²) in [5, 5.41) is 11.1. The van der Waals surface area contributed by atoms with Crippen molar-refractivity contribution in [2.45, 2.75) is 0 Å². The number of aliphatic hydroxyl groups is 1. The normalized spacial score (nSPS) is 10.0. The Morgan fingerprint density at radius 1 is 2.20 bits per heavy atom. The summed E-state index contributed by atoms with van der Waals surface area (Å²) in [6.07, 6.45) is 0. The first-order chi connectivity index (χ1) is 2.77. The molecule has 0 bridgehead atoms. The first-order valence-corrected chi connectivity index (χ1v) is 1.07. The lowest BCUT2D eigenvalue weighted by Crippen LogP contribution is -1.98. The number of aliphatic carboxylic acids is 1. The van der Waals surface area contributed by atoms with Gasteiger partial charge in [-0.05, 0) is 0 Å². The molecule has 0 aromatic carbocycles. The zero-order chi connectivity index (χ0) is 4.99. The van der Waals surface area contributed by atoms with Crippen LogP contribution in [0.5, 0.6) is 0 Å². The van der Waals surface area contributed by atoms with Crippen molar-refractivity contribution in [3.8, 4) is 0 Å². The van der Waals surface area contributed by atoms with Crippen LogP contribution in [0.4, 0.5) is 0 Å². The zero-order valence-corrected chi connectivity index (χ0v) is 2.47. The lowest BCUT2D eigenvalue weighted by molar-refractivity contribution is -0.140. The van der Waals surface area contributed by atoms with Gasteiger partial charge >= 0.3 is 5.97 Å². The zero-order valence-electron chi connectivity index (χ0n) is 3.47. The summed E-state index contributed by atoms with van der Waals surface area (Å²) in [7, 11) is 0. The van der Waals surface area contributed by atoms with Crippen LogP contribution in [-0.4, -0.2) is 24.2 Å². The minimum Gasteiger partial charge on any atom is -0.480 e. The first kappa shape index (κ1) is 2.66. The maximum absolute atomic E-state index is 9.35. The van der Waals surface area contributed by atoms with Gasteiger partial charge < -0.3 is 10.2 Å². The first-order valence-electron chi connectivity index (χ1n) is 1.48. The Morgan fingerprint density at radius 3 is 2.80 bits per heavy atom. The Hall–Kier alpha value is -0.570. The lowest BCUT2D eigenvalue weighted by Gasteiger charge is -1.72. The van der Waals surface area contributed by atoms with Crippen molar-refractivity contribution in [3.63, 3.8) is 0 Å². The van der Waals surface area contributed by atoms with Crippen molar-refractivity contribution in [3.05, 3.63) is 0 Å². The Morgan fingerprint density at radius 2 is 2.80 bits per heavy atom. The Balaban J connectivity index is 2.83. The van der Waals surface area contributed by atoms with Gasteiger partial charge in [-0.15, -0.1) is 0 Å². The number of rotatable bonds is 2. The molecule has 0 aliphatic rings. The number of aliphatic hydroxyl groups excluding tert-OH is 1. The van der Waals surface area contributed by atoms with E-state index in [4.69, 9.17) is 6.54 Å². The van der Waals surface area contributed by atoms with Crippen molar-refractivity contribution in [1.29, 1.82) is 1.43 Å². The third kappa shape index (κ3) is 3.43. The van der Waals surface area contributed by atoms with Crippen LogP contribution in [0.2, 0.25) is 0 Å². The largest absolute Gasteiger partial charge is 0.480 e. The molecule has 3 nitrogen and oxygen atoms in total. The average molecular weight is 77.1 g/mol. The predicted octanol–water partition coefficient (Wildman–Crippen LogP) is -0.937. The molecule has 0 aromatic rings. The Labute approximate surface area is 30.3 Å². The fourth-order valence-corrected chi connectivity index (χ4v) is 0. The van der Waals surface area contributed by atoms with Gasteiger partial charge in [0, 0.05) is 0 Å². The van der Waals surface area contributed by atoms with E-state index in [0.717, 1.165) is 0 Å². The van der Waals surface area contributed by atoms with Crippen molar-refractivity contribution < 1.29 is 15.0 Å². The maximum Gasteiger partial charge on any atom is 0.329 e. The summed E-state index contributed by atoms with van der Waals surface area (Å²) < 4.78 is 5.85. The minimum atomic E-state index is -1.12. The number of hydrogen-bond acceptors (Lipinski definition) is 2. The maximum atomic E-state index is 9.35. The lowest BCUT2D eigenvalue weighted by atomic mass is 10.8. The third-order valence-electron chi connectivity index (χ3n) is 0.123. The molecular weight excluding hydrogens is 72.0 g/mol. The monoisotopic (exact) mass is 77.0 g/mol. The van der Waals surface area contributed by atoms with Gasteiger partial charge in [0.2, 0.25) is 1.43 Å². The highest BCUT2D eigenvalue weighted by Crippen LogP contribution is 1.48. The molecule has 0 rings (SSSR count). The SMILES string of the molecule is [2H]OCC(=O)O. The summed E-state index contributed by atoms with van der Waals surface area (Å²) >= 11 is 0. The molecule has 0 aromatic heterocycles.